The molecule has 110 valence electrons. The molecule has 0 bridgehead atoms. The molecule has 2 N–H and O–H groups in total. The monoisotopic (exact) mass is 317 g/mol. The van der Waals surface area contributed by atoms with Gasteiger partial charge in [0.1, 0.15) is 4.83 Å². The van der Waals surface area contributed by atoms with Gasteiger partial charge in [-0.15, -0.1) is 11.3 Å². The van der Waals surface area contributed by atoms with Crippen LogP contribution in [0.2, 0.25) is 0 Å². The number of alkyl halides is 6. The maximum atomic E-state index is 12.4. The molecule has 2 aromatic heterocycles. The average molecular weight is 317 g/mol. The summed E-state index contributed by atoms with van der Waals surface area (Å²) in [6.07, 6.45) is -15.2. The van der Waals surface area contributed by atoms with Gasteiger partial charge in [-0.3, -0.25) is 0 Å². The lowest BCUT2D eigenvalue weighted by molar-refractivity contribution is -0.300. The molecule has 11 heteroatoms. The minimum Gasteiger partial charge on any atom is -0.454 e. The molecule has 0 aliphatic rings. The Hall–Kier alpha value is -1.78. The van der Waals surface area contributed by atoms with Gasteiger partial charge in [0.2, 0.25) is 11.8 Å². The van der Waals surface area contributed by atoms with Crippen LogP contribution in [0, 0.1) is 0 Å². The number of hydrogen-bond acceptors (Lipinski definition) is 5. The van der Waals surface area contributed by atoms with Crippen LogP contribution in [-0.2, 0) is 0 Å². The lowest BCUT2D eigenvalue weighted by Gasteiger charge is -2.23. The average Bonchev–Trinajstić information content (AvgIpc) is 2.69. The predicted molar refractivity (Wildman–Crippen MR) is 58.4 cm³/mol. The maximum Gasteiger partial charge on any atom is 0.434 e. The molecule has 0 amide bonds. The van der Waals surface area contributed by atoms with Crippen LogP contribution in [0.15, 0.2) is 11.4 Å². The first-order chi connectivity index (χ1) is 9.09. The van der Waals surface area contributed by atoms with E-state index in [0.29, 0.717) is 0 Å². The zero-order valence-electron chi connectivity index (χ0n) is 9.29. The number of rotatable bonds is 2. The van der Waals surface area contributed by atoms with Crippen molar-refractivity contribution in [1.82, 2.24) is 9.97 Å². The summed E-state index contributed by atoms with van der Waals surface area (Å²) in [5.41, 5.74) is 5.22. The summed E-state index contributed by atoms with van der Waals surface area (Å²) in [5, 5.41) is 1.35. The summed E-state index contributed by atoms with van der Waals surface area (Å²) in [6, 6.07) is 1.25. The van der Waals surface area contributed by atoms with Gasteiger partial charge < -0.3 is 10.5 Å². The maximum absolute atomic E-state index is 12.4. The van der Waals surface area contributed by atoms with E-state index in [4.69, 9.17) is 5.73 Å². The van der Waals surface area contributed by atoms with E-state index in [1.807, 2.05) is 0 Å². The molecular weight excluding hydrogens is 312 g/mol. The third kappa shape index (κ3) is 2.86. The van der Waals surface area contributed by atoms with E-state index in [1.165, 1.54) is 11.4 Å². The minimum atomic E-state index is -5.62. The molecule has 0 saturated carbocycles. The lowest BCUT2D eigenvalue weighted by Crippen LogP contribution is -2.46. The molecule has 0 aliphatic carbocycles. The molecule has 20 heavy (non-hydrogen) atoms. The molecule has 4 nitrogen and oxygen atoms in total. The molecule has 0 aromatic carbocycles. The summed E-state index contributed by atoms with van der Waals surface area (Å²) in [6.45, 7) is 0. The van der Waals surface area contributed by atoms with Crippen molar-refractivity contribution in [2.75, 3.05) is 5.73 Å². The second-order valence-electron chi connectivity index (χ2n) is 3.61. The second kappa shape index (κ2) is 4.65. The van der Waals surface area contributed by atoms with E-state index in [0.717, 1.165) is 11.3 Å². The quantitative estimate of drug-likeness (QED) is 0.865. The Morgan fingerprint density at radius 3 is 2.25 bits per heavy atom. The standard InChI is InChI=1S/C9H5F6N3OS/c10-8(11,12)6(9(13,14)15)19-4-3-1-2-20-5(3)18-7(16)17-4/h1-2,6H,(H2,16,17,18). The number of ether oxygens (including phenoxy) is 1. The zero-order valence-corrected chi connectivity index (χ0v) is 10.1. The van der Waals surface area contributed by atoms with Crippen LogP contribution in [0.1, 0.15) is 0 Å². The van der Waals surface area contributed by atoms with Crippen LogP contribution < -0.4 is 10.5 Å². The molecule has 2 aromatic rings. The topological polar surface area (TPSA) is 61.0 Å². The number of nitrogen functional groups attached to an aromatic ring is 1. The highest BCUT2D eigenvalue weighted by Crippen LogP contribution is 2.38. The number of nitrogens with two attached hydrogens (primary N) is 1. The van der Waals surface area contributed by atoms with Gasteiger partial charge in [-0.05, 0) is 11.4 Å². The molecule has 0 radical (unpaired) electrons. The Bertz CT molecular complexity index is 608. The Morgan fingerprint density at radius 1 is 1.10 bits per heavy atom. The number of fused-ring (bicyclic) bond motifs is 1. The predicted octanol–water partition coefficient (Wildman–Crippen LogP) is 3.15. The van der Waals surface area contributed by atoms with Crippen LogP contribution in [0.4, 0.5) is 32.3 Å². The normalized spacial score (nSPS) is 13.2. The first-order valence-electron chi connectivity index (χ1n) is 4.90. The molecular formula is C9H5F6N3OS. The van der Waals surface area contributed by atoms with E-state index >= 15 is 0 Å². The molecule has 0 spiro atoms. The molecule has 0 saturated heterocycles. The van der Waals surface area contributed by atoms with Crippen molar-refractivity contribution in [3.05, 3.63) is 11.4 Å². The van der Waals surface area contributed by atoms with E-state index in [-0.39, 0.29) is 10.2 Å². The molecule has 0 unspecified atom stereocenters. The molecule has 2 heterocycles. The number of anilines is 1. The van der Waals surface area contributed by atoms with Crippen molar-refractivity contribution in [2.45, 2.75) is 18.5 Å². The van der Waals surface area contributed by atoms with Gasteiger partial charge in [-0.1, -0.05) is 0 Å². The van der Waals surface area contributed by atoms with Gasteiger partial charge in [0.25, 0.3) is 6.10 Å². The van der Waals surface area contributed by atoms with Crippen molar-refractivity contribution in [3.63, 3.8) is 0 Å². The van der Waals surface area contributed by atoms with E-state index < -0.39 is 30.3 Å². The Balaban J connectivity index is 2.46. The first-order valence-corrected chi connectivity index (χ1v) is 5.78. The lowest BCUT2D eigenvalue weighted by atomic mass is 10.3. The van der Waals surface area contributed by atoms with Crippen molar-refractivity contribution in [3.8, 4) is 5.88 Å². The van der Waals surface area contributed by atoms with Crippen LogP contribution >= 0.6 is 11.3 Å². The molecule has 2 rings (SSSR count). The first kappa shape index (κ1) is 14.6. The van der Waals surface area contributed by atoms with Gasteiger partial charge in [-0.25, -0.2) is 4.98 Å². The molecule has 0 aliphatic heterocycles. The van der Waals surface area contributed by atoms with Crippen LogP contribution in [-0.4, -0.2) is 28.4 Å². The smallest absolute Gasteiger partial charge is 0.434 e. The van der Waals surface area contributed by atoms with Crippen LogP contribution in [0.5, 0.6) is 5.88 Å². The number of halogens is 6. The number of thiophene rings is 1. The highest BCUT2D eigenvalue weighted by Gasteiger charge is 2.59. The minimum absolute atomic E-state index is 0.0669. The van der Waals surface area contributed by atoms with Gasteiger partial charge in [0, 0.05) is 0 Å². The molecule has 0 atom stereocenters. The zero-order chi connectivity index (χ0) is 15.1. The molecule has 0 fully saturated rings. The van der Waals surface area contributed by atoms with Gasteiger partial charge in [-0.2, -0.15) is 31.3 Å². The number of aromatic nitrogens is 2. The fraction of sp³-hybridized carbons (Fsp3) is 0.333. The van der Waals surface area contributed by atoms with Gasteiger partial charge in [0.05, 0.1) is 5.39 Å². The number of nitrogens with zero attached hydrogens (tertiary/aromatic N) is 2. The van der Waals surface area contributed by atoms with Crippen LogP contribution in [0.25, 0.3) is 10.2 Å². The van der Waals surface area contributed by atoms with E-state index in [2.05, 4.69) is 14.7 Å². The van der Waals surface area contributed by atoms with Gasteiger partial charge in [0.15, 0.2) is 0 Å². The fourth-order valence-corrected chi connectivity index (χ4v) is 2.13. The highest BCUT2D eigenvalue weighted by molar-refractivity contribution is 7.16. The van der Waals surface area contributed by atoms with E-state index in [1.54, 1.807) is 0 Å². The summed E-state index contributed by atoms with van der Waals surface area (Å²) < 4.78 is 78.5. The summed E-state index contributed by atoms with van der Waals surface area (Å²) in [5.74, 6) is -1.33. The number of hydrogen-bond donors (Lipinski definition) is 1. The summed E-state index contributed by atoms with van der Waals surface area (Å²) in [4.78, 5) is 7.10. The summed E-state index contributed by atoms with van der Waals surface area (Å²) >= 11 is 0.984. The summed E-state index contributed by atoms with van der Waals surface area (Å²) in [7, 11) is 0. The Kier molecular flexibility index (Phi) is 3.40. The second-order valence-corrected chi connectivity index (χ2v) is 4.50. The third-order valence-corrected chi connectivity index (χ3v) is 2.94. The van der Waals surface area contributed by atoms with Crippen molar-refractivity contribution in [2.24, 2.45) is 0 Å². The largest absolute Gasteiger partial charge is 0.454 e. The SMILES string of the molecule is Nc1nc(OC(C(F)(F)F)C(F)(F)F)c2ccsc2n1. The van der Waals surface area contributed by atoms with Crippen molar-refractivity contribution < 1.29 is 31.1 Å². The Morgan fingerprint density at radius 2 is 1.70 bits per heavy atom. The fourth-order valence-electron chi connectivity index (χ4n) is 1.36. The third-order valence-electron chi connectivity index (χ3n) is 2.13. The Labute approximate surface area is 111 Å². The van der Waals surface area contributed by atoms with E-state index in [9.17, 15) is 26.3 Å². The van der Waals surface area contributed by atoms with Crippen molar-refractivity contribution >= 4 is 27.5 Å². The van der Waals surface area contributed by atoms with Crippen LogP contribution in [0.3, 0.4) is 0 Å². The van der Waals surface area contributed by atoms with Crippen molar-refractivity contribution in [1.29, 1.82) is 0 Å². The highest BCUT2D eigenvalue weighted by atomic mass is 32.1. The van der Waals surface area contributed by atoms with Gasteiger partial charge >= 0.3 is 12.4 Å².